The van der Waals surface area contributed by atoms with E-state index in [9.17, 15) is 0 Å². The number of benzene rings is 1. The van der Waals surface area contributed by atoms with E-state index in [2.05, 4.69) is 35.4 Å². The van der Waals surface area contributed by atoms with E-state index in [1.807, 2.05) is 13.1 Å². The fourth-order valence-electron chi connectivity index (χ4n) is 1.82. The van der Waals surface area contributed by atoms with Gasteiger partial charge in [-0.15, -0.1) is 5.10 Å². The summed E-state index contributed by atoms with van der Waals surface area (Å²) in [7, 11) is 0. The molecule has 19 heavy (non-hydrogen) atoms. The number of hydrogen-bond donors (Lipinski definition) is 1. The van der Waals surface area contributed by atoms with Crippen LogP contribution < -0.4 is 10.5 Å². The fourth-order valence-corrected chi connectivity index (χ4v) is 1.82. The maximum atomic E-state index is 5.78. The van der Waals surface area contributed by atoms with Gasteiger partial charge in [-0.1, -0.05) is 17.3 Å². The van der Waals surface area contributed by atoms with Gasteiger partial charge in [0.05, 0.1) is 12.2 Å². The average molecular weight is 260 g/mol. The summed E-state index contributed by atoms with van der Waals surface area (Å²) in [6.07, 6.45) is 2.68. The van der Waals surface area contributed by atoms with Crippen LogP contribution >= 0.6 is 0 Å². The van der Waals surface area contributed by atoms with Crippen LogP contribution in [-0.2, 0) is 13.0 Å². The van der Waals surface area contributed by atoms with Crippen molar-refractivity contribution in [2.24, 2.45) is 5.73 Å². The van der Waals surface area contributed by atoms with Gasteiger partial charge < -0.3 is 10.5 Å². The van der Waals surface area contributed by atoms with Crippen molar-refractivity contribution in [3.05, 3.63) is 41.2 Å². The van der Waals surface area contributed by atoms with Crippen LogP contribution in [0.5, 0.6) is 5.75 Å². The molecule has 0 unspecified atom stereocenters. The Kier molecular flexibility index (Phi) is 4.52. The number of aromatic nitrogens is 3. The van der Waals surface area contributed by atoms with Crippen molar-refractivity contribution in [3.63, 3.8) is 0 Å². The molecule has 0 fully saturated rings. The SMILES string of the molecule is Cc1ccc(C)c(OCCn2cc(CCN)nn2)c1. The van der Waals surface area contributed by atoms with Crippen LogP contribution in [0, 0.1) is 13.8 Å². The molecule has 0 aliphatic heterocycles. The van der Waals surface area contributed by atoms with Crippen LogP contribution in [0.25, 0.3) is 0 Å². The lowest BCUT2D eigenvalue weighted by Gasteiger charge is -2.09. The third-order valence-electron chi connectivity index (χ3n) is 2.91. The minimum absolute atomic E-state index is 0.579. The average Bonchev–Trinajstić information content (AvgIpc) is 2.82. The van der Waals surface area contributed by atoms with Crippen molar-refractivity contribution in [1.29, 1.82) is 0 Å². The first kappa shape index (κ1) is 13.5. The Labute approximate surface area is 113 Å². The second kappa shape index (κ2) is 6.33. The number of rotatable bonds is 6. The standard InChI is InChI=1S/C14H20N4O/c1-11-3-4-12(2)14(9-11)19-8-7-18-10-13(5-6-15)16-17-18/h3-4,9-10H,5-8,15H2,1-2H3. The molecule has 0 saturated carbocycles. The van der Waals surface area contributed by atoms with Gasteiger partial charge in [-0.25, -0.2) is 4.68 Å². The van der Waals surface area contributed by atoms with Crippen LogP contribution in [0.15, 0.2) is 24.4 Å². The van der Waals surface area contributed by atoms with E-state index in [-0.39, 0.29) is 0 Å². The Balaban J connectivity index is 1.87. The molecule has 1 heterocycles. The Morgan fingerprint density at radius 2 is 2.16 bits per heavy atom. The monoisotopic (exact) mass is 260 g/mol. The molecular weight excluding hydrogens is 240 g/mol. The third-order valence-corrected chi connectivity index (χ3v) is 2.91. The minimum Gasteiger partial charge on any atom is -0.491 e. The van der Waals surface area contributed by atoms with Crippen LogP contribution in [-0.4, -0.2) is 28.1 Å². The molecule has 0 atom stereocenters. The summed E-state index contributed by atoms with van der Waals surface area (Å²) in [5, 5.41) is 8.08. The summed E-state index contributed by atoms with van der Waals surface area (Å²) in [5.74, 6) is 0.933. The van der Waals surface area contributed by atoms with Gasteiger partial charge in [0.15, 0.2) is 0 Å². The first-order valence-corrected chi connectivity index (χ1v) is 6.48. The minimum atomic E-state index is 0.579. The molecule has 2 N–H and O–H groups in total. The summed E-state index contributed by atoms with van der Waals surface area (Å²) < 4.78 is 7.57. The van der Waals surface area contributed by atoms with Crippen LogP contribution in [0.3, 0.4) is 0 Å². The summed E-state index contributed by atoms with van der Waals surface area (Å²) in [4.78, 5) is 0. The number of nitrogens with two attached hydrogens (primary N) is 1. The first-order chi connectivity index (χ1) is 9.19. The van der Waals surface area contributed by atoms with Crippen molar-refractivity contribution in [1.82, 2.24) is 15.0 Å². The van der Waals surface area contributed by atoms with Gasteiger partial charge in [-0.05, 0) is 37.6 Å². The molecule has 5 nitrogen and oxygen atoms in total. The van der Waals surface area contributed by atoms with Crippen molar-refractivity contribution in [3.8, 4) is 5.75 Å². The van der Waals surface area contributed by atoms with Gasteiger partial charge >= 0.3 is 0 Å². The van der Waals surface area contributed by atoms with Crippen molar-refractivity contribution >= 4 is 0 Å². The topological polar surface area (TPSA) is 66.0 Å². The number of ether oxygens (including phenoxy) is 1. The smallest absolute Gasteiger partial charge is 0.122 e. The third kappa shape index (κ3) is 3.79. The second-order valence-electron chi connectivity index (χ2n) is 4.63. The maximum Gasteiger partial charge on any atom is 0.122 e. The van der Waals surface area contributed by atoms with E-state index in [0.29, 0.717) is 19.7 Å². The van der Waals surface area contributed by atoms with E-state index in [1.54, 1.807) is 4.68 Å². The zero-order chi connectivity index (χ0) is 13.7. The highest BCUT2D eigenvalue weighted by atomic mass is 16.5. The number of aryl methyl sites for hydroxylation is 2. The van der Waals surface area contributed by atoms with Crippen molar-refractivity contribution < 1.29 is 4.74 Å². The summed E-state index contributed by atoms with van der Waals surface area (Å²) in [5.41, 5.74) is 8.75. The number of nitrogens with zero attached hydrogens (tertiary/aromatic N) is 3. The zero-order valence-corrected chi connectivity index (χ0v) is 11.5. The second-order valence-corrected chi connectivity index (χ2v) is 4.63. The van der Waals surface area contributed by atoms with Gasteiger partial charge in [0.1, 0.15) is 12.4 Å². The lowest BCUT2D eigenvalue weighted by atomic mass is 10.1. The molecule has 1 aromatic carbocycles. The molecule has 5 heteroatoms. The molecule has 0 spiro atoms. The van der Waals surface area contributed by atoms with Crippen LogP contribution in [0.2, 0.25) is 0 Å². The van der Waals surface area contributed by atoms with Gasteiger partial charge in [0.2, 0.25) is 0 Å². The van der Waals surface area contributed by atoms with Gasteiger partial charge in [0.25, 0.3) is 0 Å². The maximum absolute atomic E-state index is 5.78. The number of hydrogen-bond acceptors (Lipinski definition) is 4. The highest BCUT2D eigenvalue weighted by molar-refractivity contribution is 5.35. The van der Waals surface area contributed by atoms with Gasteiger partial charge in [0, 0.05) is 12.6 Å². The lowest BCUT2D eigenvalue weighted by molar-refractivity contribution is 0.288. The highest BCUT2D eigenvalue weighted by Gasteiger charge is 2.02. The predicted octanol–water partition coefficient (Wildman–Crippen LogP) is 1.48. The molecule has 0 saturated heterocycles. The van der Waals surface area contributed by atoms with Gasteiger partial charge in [-0.2, -0.15) is 0 Å². The highest BCUT2D eigenvalue weighted by Crippen LogP contribution is 2.18. The van der Waals surface area contributed by atoms with Gasteiger partial charge in [-0.3, -0.25) is 0 Å². The lowest BCUT2D eigenvalue weighted by Crippen LogP contribution is -2.09. The van der Waals surface area contributed by atoms with E-state index in [0.717, 1.165) is 23.4 Å². The molecule has 102 valence electrons. The Hall–Kier alpha value is -1.88. The molecule has 0 radical (unpaired) electrons. The van der Waals surface area contributed by atoms with Crippen LogP contribution in [0.1, 0.15) is 16.8 Å². The normalized spacial score (nSPS) is 10.7. The summed E-state index contributed by atoms with van der Waals surface area (Å²) >= 11 is 0. The summed E-state index contributed by atoms with van der Waals surface area (Å²) in [6, 6.07) is 6.20. The van der Waals surface area contributed by atoms with Crippen molar-refractivity contribution in [2.75, 3.05) is 13.2 Å². The molecular formula is C14H20N4O. The molecule has 0 aliphatic carbocycles. The first-order valence-electron chi connectivity index (χ1n) is 6.48. The molecule has 1 aromatic heterocycles. The quantitative estimate of drug-likeness (QED) is 0.854. The fraction of sp³-hybridized carbons (Fsp3) is 0.429. The molecule has 0 amide bonds. The van der Waals surface area contributed by atoms with Crippen molar-refractivity contribution in [2.45, 2.75) is 26.8 Å². The van der Waals surface area contributed by atoms with E-state index in [1.165, 1.54) is 5.56 Å². The van der Waals surface area contributed by atoms with E-state index >= 15 is 0 Å². The molecule has 2 rings (SSSR count). The Morgan fingerprint density at radius 1 is 1.32 bits per heavy atom. The summed E-state index contributed by atoms with van der Waals surface area (Å²) in [6.45, 7) is 5.96. The molecule has 0 aliphatic rings. The van der Waals surface area contributed by atoms with E-state index in [4.69, 9.17) is 10.5 Å². The van der Waals surface area contributed by atoms with E-state index < -0.39 is 0 Å². The molecule has 0 bridgehead atoms. The predicted molar refractivity (Wildman–Crippen MR) is 74.2 cm³/mol. The Morgan fingerprint density at radius 3 is 2.95 bits per heavy atom. The zero-order valence-electron chi connectivity index (χ0n) is 11.5. The molecule has 2 aromatic rings. The Bertz CT molecular complexity index is 536. The van der Waals surface area contributed by atoms with Crippen LogP contribution in [0.4, 0.5) is 0 Å². The largest absolute Gasteiger partial charge is 0.491 e.